The molecule has 3 nitrogen and oxygen atoms in total. The minimum Gasteiger partial charge on any atom is -0.340 e. The first-order valence-corrected chi connectivity index (χ1v) is 5.65. The van der Waals surface area contributed by atoms with E-state index in [4.69, 9.17) is 0 Å². The summed E-state index contributed by atoms with van der Waals surface area (Å²) in [6.45, 7) is 2.32. The fraction of sp³-hybridized carbons (Fsp3) is 0.500. The van der Waals surface area contributed by atoms with E-state index in [1.165, 1.54) is 19.3 Å². The molecule has 78 valence electrons. The monoisotopic (exact) mass is 201 g/mol. The van der Waals surface area contributed by atoms with Crippen LogP contribution in [0.1, 0.15) is 37.9 Å². The van der Waals surface area contributed by atoms with Crippen LogP contribution in [0.3, 0.4) is 0 Å². The van der Waals surface area contributed by atoms with Crippen molar-refractivity contribution in [2.75, 3.05) is 0 Å². The number of nitrogens with zero attached hydrogens (tertiary/aromatic N) is 2. The van der Waals surface area contributed by atoms with Crippen molar-refractivity contribution in [3.05, 3.63) is 24.2 Å². The predicted molar refractivity (Wildman–Crippen MR) is 59.6 cm³/mol. The number of nitrogens with one attached hydrogen (secondary N) is 1. The second-order valence-electron chi connectivity index (χ2n) is 4.51. The quantitative estimate of drug-likeness (QED) is 0.770. The van der Waals surface area contributed by atoms with Crippen molar-refractivity contribution in [3.63, 3.8) is 0 Å². The van der Waals surface area contributed by atoms with Crippen LogP contribution >= 0.6 is 0 Å². The Bertz CT molecular complexity index is 441. The van der Waals surface area contributed by atoms with Gasteiger partial charge in [-0.2, -0.15) is 0 Å². The summed E-state index contributed by atoms with van der Waals surface area (Å²) in [5.41, 5.74) is 1.92. The number of aromatic nitrogens is 3. The third kappa shape index (κ3) is 1.42. The summed E-state index contributed by atoms with van der Waals surface area (Å²) in [7, 11) is 0. The molecule has 2 atom stereocenters. The van der Waals surface area contributed by atoms with Gasteiger partial charge in [0.15, 0.2) is 5.65 Å². The SMILES string of the molecule is CC1CCCC1c1nc2ncccc2[nH]1. The standard InChI is InChI=1S/C12H15N3/c1-8-4-2-5-9(8)11-14-10-6-3-7-13-12(10)15-11/h3,6-9H,2,4-5H2,1H3,(H,13,14,15). The molecule has 0 aliphatic heterocycles. The Morgan fingerprint density at radius 1 is 1.40 bits per heavy atom. The van der Waals surface area contributed by atoms with Crippen molar-refractivity contribution in [1.82, 2.24) is 15.0 Å². The van der Waals surface area contributed by atoms with Gasteiger partial charge in [0.1, 0.15) is 5.82 Å². The lowest BCUT2D eigenvalue weighted by atomic mass is 9.98. The number of H-pyrrole nitrogens is 1. The summed E-state index contributed by atoms with van der Waals surface area (Å²) < 4.78 is 0. The van der Waals surface area contributed by atoms with E-state index < -0.39 is 0 Å². The Morgan fingerprint density at radius 2 is 2.33 bits per heavy atom. The Hall–Kier alpha value is -1.38. The molecule has 0 bridgehead atoms. The highest BCUT2D eigenvalue weighted by atomic mass is 15.0. The highest BCUT2D eigenvalue weighted by Gasteiger charge is 2.27. The summed E-state index contributed by atoms with van der Waals surface area (Å²) in [6.07, 6.45) is 5.72. The lowest BCUT2D eigenvalue weighted by Gasteiger charge is -2.11. The molecule has 2 aromatic heterocycles. The van der Waals surface area contributed by atoms with Crippen LogP contribution in [0.4, 0.5) is 0 Å². The highest BCUT2D eigenvalue weighted by Crippen LogP contribution is 2.38. The van der Waals surface area contributed by atoms with E-state index in [2.05, 4.69) is 21.9 Å². The average Bonchev–Trinajstić information content (AvgIpc) is 2.82. The van der Waals surface area contributed by atoms with Crippen LogP contribution in [0.25, 0.3) is 11.2 Å². The Labute approximate surface area is 88.9 Å². The number of rotatable bonds is 1. The maximum absolute atomic E-state index is 4.58. The molecular weight excluding hydrogens is 186 g/mol. The number of fused-ring (bicyclic) bond motifs is 1. The van der Waals surface area contributed by atoms with Gasteiger partial charge in [0.2, 0.25) is 0 Å². The molecule has 0 spiro atoms. The van der Waals surface area contributed by atoms with Crippen LogP contribution < -0.4 is 0 Å². The summed E-state index contributed by atoms with van der Waals surface area (Å²) in [4.78, 5) is 12.2. The molecule has 1 aliphatic rings. The van der Waals surface area contributed by atoms with E-state index in [0.29, 0.717) is 5.92 Å². The molecule has 1 N–H and O–H groups in total. The first kappa shape index (κ1) is 8.89. The first-order chi connectivity index (χ1) is 7.34. The van der Waals surface area contributed by atoms with Gasteiger partial charge in [0.25, 0.3) is 0 Å². The molecule has 0 saturated heterocycles. The van der Waals surface area contributed by atoms with Crippen molar-refractivity contribution in [2.45, 2.75) is 32.1 Å². The molecule has 0 radical (unpaired) electrons. The molecular formula is C12H15N3. The smallest absolute Gasteiger partial charge is 0.177 e. The van der Waals surface area contributed by atoms with Crippen LogP contribution in [0.15, 0.2) is 18.3 Å². The van der Waals surface area contributed by atoms with Gasteiger partial charge >= 0.3 is 0 Å². The number of aromatic amines is 1. The third-order valence-corrected chi connectivity index (χ3v) is 3.49. The molecule has 2 aromatic rings. The van der Waals surface area contributed by atoms with Gasteiger partial charge in [-0.1, -0.05) is 13.3 Å². The molecule has 2 heterocycles. The Morgan fingerprint density at radius 3 is 3.07 bits per heavy atom. The van der Waals surface area contributed by atoms with Gasteiger partial charge < -0.3 is 4.98 Å². The molecule has 3 heteroatoms. The summed E-state index contributed by atoms with van der Waals surface area (Å²) >= 11 is 0. The zero-order chi connectivity index (χ0) is 10.3. The van der Waals surface area contributed by atoms with Crippen molar-refractivity contribution in [3.8, 4) is 0 Å². The van der Waals surface area contributed by atoms with Crippen LogP contribution in [-0.2, 0) is 0 Å². The third-order valence-electron chi connectivity index (χ3n) is 3.49. The number of hydrogen-bond acceptors (Lipinski definition) is 2. The van der Waals surface area contributed by atoms with Gasteiger partial charge in [0, 0.05) is 12.1 Å². The van der Waals surface area contributed by atoms with Crippen LogP contribution in [-0.4, -0.2) is 15.0 Å². The molecule has 0 aromatic carbocycles. The van der Waals surface area contributed by atoms with Crippen LogP contribution in [0.5, 0.6) is 0 Å². The Kier molecular flexibility index (Phi) is 1.97. The van der Waals surface area contributed by atoms with Gasteiger partial charge in [-0.25, -0.2) is 9.97 Å². The Balaban J connectivity index is 2.04. The van der Waals surface area contributed by atoms with Crippen molar-refractivity contribution in [1.29, 1.82) is 0 Å². The molecule has 15 heavy (non-hydrogen) atoms. The molecule has 0 amide bonds. The first-order valence-electron chi connectivity index (χ1n) is 5.65. The molecule has 3 rings (SSSR count). The minimum absolute atomic E-state index is 0.610. The normalized spacial score (nSPS) is 26.2. The lowest BCUT2D eigenvalue weighted by molar-refractivity contribution is 0.514. The maximum Gasteiger partial charge on any atom is 0.177 e. The lowest BCUT2D eigenvalue weighted by Crippen LogP contribution is -2.03. The number of hydrogen-bond donors (Lipinski definition) is 1. The minimum atomic E-state index is 0.610. The molecule has 1 saturated carbocycles. The summed E-state index contributed by atoms with van der Waals surface area (Å²) in [5, 5.41) is 0. The van der Waals surface area contributed by atoms with E-state index in [9.17, 15) is 0 Å². The van der Waals surface area contributed by atoms with E-state index in [0.717, 1.165) is 22.9 Å². The number of imidazole rings is 1. The zero-order valence-electron chi connectivity index (χ0n) is 8.90. The fourth-order valence-corrected chi connectivity index (χ4v) is 2.59. The van der Waals surface area contributed by atoms with Gasteiger partial charge in [-0.05, 0) is 30.9 Å². The van der Waals surface area contributed by atoms with E-state index in [1.54, 1.807) is 6.20 Å². The van der Waals surface area contributed by atoms with E-state index in [-0.39, 0.29) is 0 Å². The van der Waals surface area contributed by atoms with Gasteiger partial charge in [0.05, 0.1) is 5.52 Å². The predicted octanol–water partition coefficient (Wildman–Crippen LogP) is 2.86. The highest BCUT2D eigenvalue weighted by molar-refractivity contribution is 5.70. The van der Waals surface area contributed by atoms with Crippen molar-refractivity contribution < 1.29 is 0 Å². The van der Waals surface area contributed by atoms with Crippen molar-refractivity contribution >= 4 is 11.2 Å². The zero-order valence-corrected chi connectivity index (χ0v) is 8.90. The van der Waals surface area contributed by atoms with Crippen LogP contribution in [0.2, 0.25) is 0 Å². The fourth-order valence-electron chi connectivity index (χ4n) is 2.59. The molecule has 2 unspecified atom stereocenters. The summed E-state index contributed by atoms with van der Waals surface area (Å²) in [6, 6.07) is 3.99. The van der Waals surface area contributed by atoms with E-state index in [1.807, 2.05) is 12.1 Å². The van der Waals surface area contributed by atoms with Crippen molar-refractivity contribution in [2.24, 2.45) is 5.92 Å². The average molecular weight is 201 g/mol. The van der Waals surface area contributed by atoms with Gasteiger partial charge in [-0.15, -0.1) is 0 Å². The topological polar surface area (TPSA) is 41.6 Å². The number of pyridine rings is 1. The second kappa shape index (κ2) is 3.33. The second-order valence-corrected chi connectivity index (χ2v) is 4.51. The molecule has 1 aliphatic carbocycles. The maximum atomic E-state index is 4.58. The van der Waals surface area contributed by atoms with E-state index >= 15 is 0 Å². The largest absolute Gasteiger partial charge is 0.340 e. The summed E-state index contributed by atoms with van der Waals surface area (Å²) in [5.74, 6) is 2.50. The van der Waals surface area contributed by atoms with Crippen LogP contribution in [0, 0.1) is 5.92 Å². The molecule has 1 fully saturated rings. The van der Waals surface area contributed by atoms with Gasteiger partial charge in [-0.3, -0.25) is 0 Å².